The molecule has 6 heteroatoms. The third-order valence-electron chi connectivity index (χ3n) is 5.44. The van der Waals surface area contributed by atoms with E-state index in [0.717, 1.165) is 33.5 Å². The average molecular weight is 412 g/mol. The molecule has 1 aromatic carbocycles. The fourth-order valence-electron chi connectivity index (χ4n) is 3.78. The molecule has 31 heavy (non-hydrogen) atoms. The number of nitrogens with two attached hydrogens (primary N) is 1. The fourth-order valence-corrected chi connectivity index (χ4v) is 3.78. The predicted molar refractivity (Wildman–Crippen MR) is 122 cm³/mol. The van der Waals surface area contributed by atoms with Crippen molar-refractivity contribution in [2.24, 2.45) is 0 Å². The Bertz CT molecular complexity index is 1170. The highest BCUT2D eigenvalue weighted by Crippen LogP contribution is 2.20. The van der Waals surface area contributed by atoms with Crippen LogP contribution in [0, 0.1) is 13.8 Å². The summed E-state index contributed by atoms with van der Waals surface area (Å²) in [4.78, 5) is 21.0. The first-order valence-corrected chi connectivity index (χ1v) is 10.3. The number of carbonyl (C=O) groups excluding carboxylic acids is 1. The molecular weight excluding hydrogens is 386 g/mol. The molecule has 0 bridgehead atoms. The first-order chi connectivity index (χ1) is 15.0. The van der Waals surface area contributed by atoms with Crippen LogP contribution in [0.3, 0.4) is 0 Å². The van der Waals surface area contributed by atoms with Crippen molar-refractivity contribution >= 4 is 11.6 Å². The molecule has 3 heterocycles. The van der Waals surface area contributed by atoms with Crippen LogP contribution < -0.4 is 5.73 Å². The van der Waals surface area contributed by atoms with Gasteiger partial charge in [-0.15, -0.1) is 0 Å². The smallest absolute Gasteiger partial charge is 0.166 e. The molecule has 4 rings (SSSR count). The molecule has 0 atom stereocenters. The Morgan fingerprint density at radius 3 is 2.45 bits per heavy atom. The van der Waals surface area contributed by atoms with Gasteiger partial charge < -0.3 is 5.73 Å². The lowest BCUT2D eigenvalue weighted by Crippen LogP contribution is -2.05. The van der Waals surface area contributed by atoms with Crippen molar-refractivity contribution in [3.05, 3.63) is 95.2 Å². The van der Waals surface area contributed by atoms with Gasteiger partial charge >= 0.3 is 0 Å². The van der Waals surface area contributed by atoms with Gasteiger partial charge in [-0.3, -0.25) is 14.5 Å². The number of ketones is 1. The molecule has 0 saturated heterocycles. The van der Waals surface area contributed by atoms with E-state index in [2.05, 4.69) is 39.3 Å². The zero-order valence-corrected chi connectivity index (χ0v) is 17.7. The third kappa shape index (κ3) is 4.86. The van der Waals surface area contributed by atoms with Gasteiger partial charge in [-0.25, -0.2) is 4.98 Å². The quantitative estimate of drug-likeness (QED) is 0.455. The average Bonchev–Trinajstić information content (AvgIpc) is 3.22. The number of nitrogen functional groups attached to an aromatic ring is 1. The number of anilines is 1. The lowest BCUT2D eigenvalue weighted by atomic mass is 10.00. The Kier molecular flexibility index (Phi) is 5.89. The molecule has 0 fully saturated rings. The number of aryl methyl sites for hydroxylation is 2. The standard InChI is InChI=1S/C25H25N5O/c1-17-13-25(26)29-18(2)23(17)7-8-24(31)22-14-28-30(16-22)15-19-3-5-20(6-4-19)21-9-11-27-12-10-21/h3-6,9-14,16H,7-8,15H2,1-2H3,(H2,26,29). The maximum atomic E-state index is 12.7. The molecule has 0 unspecified atom stereocenters. The van der Waals surface area contributed by atoms with Crippen molar-refractivity contribution < 1.29 is 4.79 Å². The van der Waals surface area contributed by atoms with E-state index < -0.39 is 0 Å². The molecule has 2 N–H and O–H groups in total. The summed E-state index contributed by atoms with van der Waals surface area (Å²) in [6.45, 7) is 4.55. The maximum Gasteiger partial charge on any atom is 0.166 e. The molecule has 0 saturated carbocycles. The van der Waals surface area contributed by atoms with Crippen LogP contribution >= 0.6 is 0 Å². The highest BCUT2D eigenvalue weighted by atomic mass is 16.1. The Morgan fingerprint density at radius 1 is 1.03 bits per heavy atom. The van der Waals surface area contributed by atoms with Crippen LogP contribution in [0.25, 0.3) is 11.1 Å². The Labute approximate surface area is 181 Å². The molecule has 0 aliphatic rings. The first-order valence-electron chi connectivity index (χ1n) is 10.3. The van der Waals surface area contributed by atoms with E-state index in [1.165, 1.54) is 0 Å². The topological polar surface area (TPSA) is 86.7 Å². The Hall–Kier alpha value is -3.80. The summed E-state index contributed by atoms with van der Waals surface area (Å²) in [6.07, 6.45) is 8.11. The maximum absolute atomic E-state index is 12.7. The van der Waals surface area contributed by atoms with E-state index in [-0.39, 0.29) is 5.78 Å². The summed E-state index contributed by atoms with van der Waals surface area (Å²) in [5.74, 6) is 0.593. The number of hydrogen-bond acceptors (Lipinski definition) is 5. The van der Waals surface area contributed by atoms with E-state index >= 15 is 0 Å². The van der Waals surface area contributed by atoms with Crippen LogP contribution in [-0.4, -0.2) is 25.5 Å². The van der Waals surface area contributed by atoms with Gasteiger partial charge in [0.25, 0.3) is 0 Å². The molecule has 0 amide bonds. The molecule has 0 aliphatic carbocycles. The second kappa shape index (κ2) is 8.92. The summed E-state index contributed by atoms with van der Waals surface area (Å²) in [5.41, 5.74) is 12.9. The zero-order chi connectivity index (χ0) is 21.8. The first kappa shape index (κ1) is 20.5. The van der Waals surface area contributed by atoms with Crippen molar-refractivity contribution in [3.63, 3.8) is 0 Å². The van der Waals surface area contributed by atoms with E-state index in [1.807, 2.05) is 38.2 Å². The molecular formula is C25H25N5O. The summed E-state index contributed by atoms with van der Waals surface area (Å²) in [7, 11) is 0. The normalized spacial score (nSPS) is 10.9. The van der Waals surface area contributed by atoms with Gasteiger partial charge in [0.15, 0.2) is 5.78 Å². The largest absolute Gasteiger partial charge is 0.384 e. The predicted octanol–water partition coefficient (Wildman–Crippen LogP) is 4.40. The van der Waals surface area contributed by atoms with Crippen LogP contribution in [0.15, 0.2) is 67.3 Å². The minimum absolute atomic E-state index is 0.0786. The molecule has 4 aromatic rings. The van der Waals surface area contributed by atoms with Gasteiger partial charge in [0.2, 0.25) is 0 Å². The lowest BCUT2D eigenvalue weighted by molar-refractivity contribution is 0.0982. The Balaban J connectivity index is 1.38. The molecule has 0 radical (unpaired) electrons. The van der Waals surface area contributed by atoms with Crippen molar-refractivity contribution in [2.75, 3.05) is 5.73 Å². The van der Waals surface area contributed by atoms with E-state index in [9.17, 15) is 4.79 Å². The van der Waals surface area contributed by atoms with Gasteiger partial charge in [-0.1, -0.05) is 24.3 Å². The molecule has 3 aromatic heterocycles. The van der Waals surface area contributed by atoms with E-state index in [0.29, 0.717) is 30.8 Å². The minimum Gasteiger partial charge on any atom is -0.384 e. The van der Waals surface area contributed by atoms with Gasteiger partial charge in [0.05, 0.1) is 18.3 Å². The lowest BCUT2D eigenvalue weighted by Gasteiger charge is -2.09. The Morgan fingerprint density at radius 2 is 1.74 bits per heavy atom. The number of nitrogens with zero attached hydrogens (tertiary/aromatic N) is 4. The van der Waals surface area contributed by atoms with Crippen LogP contribution in [0.1, 0.15) is 39.2 Å². The highest BCUT2D eigenvalue weighted by molar-refractivity contribution is 5.95. The summed E-state index contributed by atoms with van der Waals surface area (Å²) in [5, 5.41) is 4.37. The SMILES string of the molecule is Cc1cc(N)nc(C)c1CCC(=O)c1cnn(Cc2ccc(-c3ccncc3)cc2)c1. The van der Waals surface area contributed by atoms with E-state index in [4.69, 9.17) is 5.73 Å². The third-order valence-corrected chi connectivity index (χ3v) is 5.44. The fraction of sp³-hybridized carbons (Fsp3) is 0.200. The second-order valence-corrected chi connectivity index (χ2v) is 7.71. The number of aromatic nitrogens is 4. The highest BCUT2D eigenvalue weighted by Gasteiger charge is 2.12. The van der Waals surface area contributed by atoms with Gasteiger partial charge in [-0.05, 0) is 66.3 Å². The summed E-state index contributed by atoms with van der Waals surface area (Å²) >= 11 is 0. The van der Waals surface area contributed by atoms with Gasteiger partial charge in [0, 0.05) is 30.7 Å². The van der Waals surface area contributed by atoms with Gasteiger partial charge in [0.1, 0.15) is 5.82 Å². The number of pyridine rings is 2. The minimum atomic E-state index is 0.0786. The van der Waals surface area contributed by atoms with Crippen LogP contribution in [-0.2, 0) is 13.0 Å². The summed E-state index contributed by atoms with van der Waals surface area (Å²) in [6, 6.07) is 14.2. The monoisotopic (exact) mass is 411 g/mol. The molecule has 156 valence electrons. The number of carbonyl (C=O) groups is 1. The van der Waals surface area contributed by atoms with Crippen molar-refractivity contribution in [1.29, 1.82) is 0 Å². The molecule has 0 aliphatic heterocycles. The van der Waals surface area contributed by atoms with Crippen LogP contribution in [0.2, 0.25) is 0 Å². The number of Topliss-reactive ketones (excluding diaryl/α,β-unsaturated/α-hetero) is 1. The number of rotatable bonds is 7. The number of hydrogen-bond donors (Lipinski definition) is 1. The van der Waals surface area contributed by atoms with E-state index in [1.54, 1.807) is 23.3 Å². The van der Waals surface area contributed by atoms with Crippen molar-refractivity contribution in [2.45, 2.75) is 33.2 Å². The van der Waals surface area contributed by atoms with Crippen LogP contribution in [0.4, 0.5) is 5.82 Å². The van der Waals surface area contributed by atoms with Gasteiger partial charge in [-0.2, -0.15) is 5.10 Å². The van der Waals surface area contributed by atoms with Crippen molar-refractivity contribution in [1.82, 2.24) is 19.7 Å². The molecule has 0 spiro atoms. The summed E-state index contributed by atoms with van der Waals surface area (Å²) < 4.78 is 1.80. The van der Waals surface area contributed by atoms with Crippen LogP contribution in [0.5, 0.6) is 0 Å². The number of benzene rings is 1. The second-order valence-electron chi connectivity index (χ2n) is 7.71. The van der Waals surface area contributed by atoms with Crippen molar-refractivity contribution in [3.8, 4) is 11.1 Å². The zero-order valence-electron chi connectivity index (χ0n) is 17.7. The molecule has 6 nitrogen and oxygen atoms in total.